The van der Waals surface area contributed by atoms with Gasteiger partial charge >= 0.3 is 0 Å². The summed E-state index contributed by atoms with van der Waals surface area (Å²) in [5, 5.41) is 9.74. The molecule has 0 spiro atoms. The second kappa shape index (κ2) is 6.18. The number of aliphatic hydroxyl groups is 1. The van der Waals surface area contributed by atoms with Crippen LogP contribution < -0.4 is 0 Å². The van der Waals surface area contributed by atoms with Crippen LogP contribution in [0.1, 0.15) is 19.4 Å². The Morgan fingerprint density at radius 3 is 2.75 bits per heavy atom. The Labute approximate surface area is 100.0 Å². The van der Waals surface area contributed by atoms with E-state index in [1.807, 2.05) is 13.8 Å². The van der Waals surface area contributed by atoms with Crippen LogP contribution in [0, 0.1) is 5.82 Å². The lowest BCUT2D eigenvalue weighted by Gasteiger charge is -2.14. The zero-order chi connectivity index (χ0) is 12.1. The standard InChI is InChI=1S/C12H16ClFO2/c1-8(2)16-7-10(15)6-9-4-3-5-11(14)12(9)13/h3-5,8,10,15H,6-7H2,1-2H3. The summed E-state index contributed by atoms with van der Waals surface area (Å²) in [6.45, 7) is 4.01. The highest BCUT2D eigenvalue weighted by Crippen LogP contribution is 2.21. The maximum atomic E-state index is 13.1. The molecule has 1 aromatic carbocycles. The van der Waals surface area contributed by atoms with Gasteiger partial charge in [-0.15, -0.1) is 0 Å². The maximum absolute atomic E-state index is 13.1. The van der Waals surface area contributed by atoms with Crippen LogP contribution in [0.5, 0.6) is 0 Å². The number of aliphatic hydroxyl groups excluding tert-OH is 1. The van der Waals surface area contributed by atoms with E-state index < -0.39 is 11.9 Å². The molecular formula is C12H16ClFO2. The number of benzene rings is 1. The number of hydrogen-bond donors (Lipinski definition) is 1. The summed E-state index contributed by atoms with van der Waals surface area (Å²) in [5.74, 6) is -0.462. The predicted molar refractivity (Wildman–Crippen MR) is 62.2 cm³/mol. The van der Waals surface area contributed by atoms with Gasteiger partial charge in [0.1, 0.15) is 5.82 Å². The smallest absolute Gasteiger partial charge is 0.142 e. The van der Waals surface area contributed by atoms with E-state index in [-0.39, 0.29) is 17.7 Å². The SMILES string of the molecule is CC(C)OCC(O)Cc1cccc(F)c1Cl. The minimum absolute atomic E-state index is 0.0673. The first-order valence-corrected chi connectivity index (χ1v) is 5.61. The lowest BCUT2D eigenvalue weighted by Crippen LogP contribution is -2.20. The van der Waals surface area contributed by atoms with E-state index in [1.54, 1.807) is 12.1 Å². The highest BCUT2D eigenvalue weighted by molar-refractivity contribution is 6.31. The molecule has 1 aromatic rings. The van der Waals surface area contributed by atoms with Gasteiger partial charge in [-0.1, -0.05) is 23.7 Å². The third-order valence-electron chi connectivity index (χ3n) is 2.11. The van der Waals surface area contributed by atoms with Gasteiger partial charge in [0.15, 0.2) is 0 Å². The van der Waals surface area contributed by atoms with Gasteiger partial charge < -0.3 is 9.84 Å². The quantitative estimate of drug-likeness (QED) is 0.866. The Kier molecular flexibility index (Phi) is 5.19. The van der Waals surface area contributed by atoms with E-state index in [1.165, 1.54) is 6.07 Å². The van der Waals surface area contributed by atoms with Crippen molar-refractivity contribution in [2.75, 3.05) is 6.61 Å². The molecule has 0 aliphatic rings. The normalized spacial score (nSPS) is 13.1. The molecule has 1 N–H and O–H groups in total. The Bertz CT molecular complexity index is 342. The van der Waals surface area contributed by atoms with Crippen LogP contribution in [-0.4, -0.2) is 23.9 Å². The monoisotopic (exact) mass is 246 g/mol. The first-order chi connectivity index (χ1) is 7.50. The number of hydrogen-bond acceptors (Lipinski definition) is 2. The lowest BCUT2D eigenvalue weighted by atomic mass is 10.1. The van der Waals surface area contributed by atoms with Gasteiger partial charge in [0.2, 0.25) is 0 Å². The third-order valence-corrected chi connectivity index (χ3v) is 2.53. The molecule has 0 heterocycles. The Morgan fingerprint density at radius 2 is 2.12 bits per heavy atom. The summed E-state index contributed by atoms with van der Waals surface area (Å²) >= 11 is 5.77. The van der Waals surface area contributed by atoms with Gasteiger partial charge in [-0.3, -0.25) is 0 Å². The third kappa shape index (κ3) is 4.08. The fourth-order valence-corrected chi connectivity index (χ4v) is 1.53. The van der Waals surface area contributed by atoms with Crippen molar-refractivity contribution in [3.05, 3.63) is 34.6 Å². The molecule has 0 amide bonds. The molecule has 2 nitrogen and oxygen atoms in total. The van der Waals surface area contributed by atoms with Crippen LogP contribution in [-0.2, 0) is 11.2 Å². The van der Waals surface area contributed by atoms with Crippen molar-refractivity contribution in [1.82, 2.24) is 0 Å². The summed E-state index contributed by atoms with van der Waals surface area (Å²) in [6, 6.07) is 4.57. The molecule has 90 valence electrons. The number of halogens is 2. The maximum Gasteiger partial charge on any atom is 0.142 e. The summed E-state index contributed by atoms with van der Waals surface area (Å²) in [5.41, 5.74) is 0.599. The van der Waals surface area contributed by atoms with Crippen LogP contribution in [0.15, 0.2) is 18.2 Å². The molecule has 4 heteroatoms. The van der Waals surface area contributed by atoms with Gasteiger partial charge in [0.25, 0.3) is 0 Å². The van der Waals surface area contributed by atoms with Crippen LogP contribution >= 0.6 is 11.6 Å². The number of rotatable bonds is 5. The Hall–Kier alpha value is -0.640. The van der Waals surface area contributed by atoms with Crippen LogP contribution in [0.4, 0.5) is 4.39 Å². The van der Waals surface area contributed by atoms with E-state index in [9.17, 15) is 9.50 Å². The Morgan fingerprint density at radius 1 is 1.44 bits per heavy atom. The first kappa shape index (κ1) is 13.4. The highest BCUT2D eigenvalue weighted by Gasteiger charge is 2.11. The van der Waals surface area contributed by atoms with Gasteiger partial charge in [0, 0.05) is 6.42 Å². The molecule has 0 bridgehead atoms. The van der Waals surface area contributed by atoms with Crippen molar-refractivity contribution in [3.63, 3.8) is 0 Å². The molecule has 1 unspecified atom stereocenters. The van der Waals surface area contributed by atoms with Crippen LogP contribution in [0.3, 0.4) is 0 Å². The van der Waals surface area contributed by atoms with Gasteiger partial charge in [-0.2, -0.15) is 0 Å². The van der Waals surface area contributed by atoms with Crippen molar-refractivity contribution in [1.29, 1.82) is 0 Å². The van der Waals surface area contributed by atoms with Crippen molar-refractivity contribution < 1.29 is 14.2 Å². The molecule has 0 fully saturated rings. The van der Waals surface area contributed by atoms with Gasteiger partial charge in [-0.05, 0) is 25.5 Å². The topological polar surface area (TPSA) is 29.5 Å². The Balaban J connectivity index is 2.56. The zero-order valence-electron chi connectivity index (χ0n) is 9.41. The average Bonchev–Trinajstić information content (AvgIpc) is 2.22. The molecule has 0 aliphatic heterocycles. The van der Waals surface area contributed by atoms with E-state index in [0.29, 0.717) is 12.0 Å². The summed E-state index contributed by atoms with van der Waals surface area (Å²) in [7, 11) is 0. The van der Waals surface area contributed by atoms with Crippen molar-refractivity contribution in [3.8, 4) is 0 Å². The molecule has 1 atom stereocenters. The first-order valence-electron chi connectivity index (χ1n) is 5.23. The molecule has 0 aliphatic carbocycles. The molecule has 1 rings (SSSR count). The molecule has 0 radical (unpaired) electrons. The summed E-state index contributed by atoms with van der Waals surface area (Å²) in [6.07, 6.45) is -0.303. The largest absolute Gasteiger partial charge is 0.390 e. The minimum atomic E-state index is -0.665. The van der Waals surface area contributed by atoms with Crippen molar-refractivity contribution in [2.24, 2.45) is 0 Å². The van der Waals surface area contributed by atoms with Crippen LogP contribution in [0.25, 0.3) is 0 Å². The van der Waals surface area contributed by atoms with Gasteiger partial charge in [0.05, 0.1) is 23.8 Å². The molecule has 0 saturated carbocycles. The molecule has 0 saturated heterocycles. The average molecular weight is 247 g/mol. The predicted octanol–water partition coefficient (Wildman–Crippen LogP) is 2.81. The van der Waals surface area contributed by atoms with E-state index in [4.69, 9.17) is 16.3 Å². The van der Waals surface area contributed by atoms with E-state index in [0.717, 1.165) is 0 Å². The second-order valence-electron chi connectivity index (χ2n) is 3.95. The molecule has 16 heavy (non-hydrogen) atoms. The van der Waals surface area contributed by atoms with E-state index >= 15 is 0 Å². The highest BCUT2D eigenvalue weighted by atomic mass is 35.5. The lowest BCUT2D eigenvalue weighted by molar-refractivity contribution is 0.00620. The summed E-state index contributed by atoms with van der Waals surface area (Å²) in [4.78, 5) is 0. The zero-order valence-corrected chi connectivity index (χ0v) is 10.2. The van der Waals surface area contributed by atoms with Crippen LogP contribution in [0.2, 0.25) is 5.02 Å². The van der Waals surface area contributed by atoms with Crippen molar-refractivity contribution >= 4 is 11.6 Å². The fraction of sp³-hybridized carbons (Fsp3) is 0.500. The molecular weight excluding hydrogens is 231 g/mol. The summed E-state index contributed by atoms with van der Waals surface area (Å²) < 4.78 is 18.4. The second-order valence-corrected chi connectivity index (χ2v) is 4.33. The van der Waals surface area contributed by atoms with Crippen molar-refractivity contribution in [2.45, 2.75) is 32.5 Å². The van der Waals surface area contributed by atoms with Gasteiger partial charge in [-0.25, -0.2) is 4.39 Å². The fourth-order valence-electron chi connectivity index (χ4n) is 1.32. The molecule has 0 aromatic heterocycles. The van der Waals surface area contributed by atoms with E-state index in [2.05, 4.69) is 0 Å². The minimum Gasteiger partial charge on any atom is -0.390 e. The number of ether oxygens (including phenoxy) is 1.